The molecule has 0 aliphatic rings. The second-order valence-corrected chi connectivity index (χ2v) is 12.4. The zero-order valence-corrected chi connectivity index (χ0v) is 28.7. The molecule has 250 valence electrons. The third kappa shape index (κ3) is 31.6. The Bertz CT molecular complexity index is 626. The maximum atomic E-state index is 12.9. The monoisotopic (exact) mass is 615 g/mol. The van der Waals surface area contributed by atoms with Crippen molar-refractivity contribution < 1.29 is 9.59 Å². The molecule has 0 aromatic carbocycles. The lowest BCUT2D eigenvalue weighted by molar-refractivity contribution is -0.129. The van der Waals surface area contributed by atoms with Gasteiger partial charge in [-0.05, 0) is 25.7 Å². The maximum absolute atomic E-state index is 12.9. The first-order valence-corrected chi connectivity index (χ1v) is 17.9. The van der Waals surface area contributed by atoms with Gasteiger partial charge in [0.25, 0.3) is 0 Å². The van der Waals surface area contributed by atoms with Gasteiger partial charge in [0, 0.05) is 31.8 Å². The molecule has 7 heteroatoms. The fraction of sp³-hybridized carbons (Fsp3) is 0.914. The predicted octanol–water partition coefficient (Wildman–Crippen LogP) is 9.56. The van der Waals surface area contributed by atoms with Gasteiger partial charge in [-0.1, -0.05) is 149 Å². The fourth-order valence-corrected chi connectivity index (χ4v) is 5.56. The van der Waals surface area contributed by atoms with E-state index in [1.807, 2.05) is 0 Å². The number of unbranched alkanes of at least 4 members (excludes halogenated alkanes) is 21. The number of hydrogen-bond acceptors (Lipinski definition) is 3. The van der Waals surface area contributed by atoms with Crippen LogP contribution in [0.1, 0.15) is 187 Å². The van der Waals surface area contributed by atoms with Gasteiger partial charge in [-0.25, -0.2) is 0 Å². The lowest BCUT2D eigenvalue weighted by atomic mass is 9.93. The summed E-state index contributed by atoms with van der Waals surface area (Å²) in [5.41, 5.74) is 10.9. The number of carbonyl (C=O) groups is 2. The molecular weight excluding hydrogens is 544 g/mol. The molecule has 0 radical (unpaired) electrons. The summed E-state index contributed by atoms with van der Waals surface area (Å²) >= 11 is 0. The Balaban J connectivity index is 0. The minimum Gasteiger partial charge on any atom is -0.370 e. The van der Waals surface area contributed by atoms with Gasteiger partial charge in [0.1, 0.15) is 5.78 Å². The maximum Gasteiger partial charge on any atom is 0.223 e. The van der Waals surface area contributed by atoms with Crippen LogP contribution in [-0.2, 0) is 9.59 Å². The van der Waals surface area contributed by atoms with E-state index >= 15 is 0 Å². The van der Waals surface area contributed by atoms with Gasteiger partial charge in [-0.3, -0.25) is 14.6 Å². The molecule has 0 heterocycles. The molecule has 0 aliphatic carbocycles. The summed E-state index contributed by atoms with van der Waals surface area (Å²) < 4.78 is 0. The van der Waals surface area contributed by atoms with Crippen molar-refractivity contribution >= 4 is 30.1 Å². The minimum absolute atomic E-state index is 0. The number of nitrogens with zero attached hydrogens (tertiary/aromatic N) is 1. The van der Waals surface area contributed by atoms with E-state index in [4.69, 9.17) is 11.5 Å². The zero-order valence-electron chi connectivity index (χ0n) is 27.9. The van der Waals surface area contributed by atoms with Crippen LogP contribution >= 0.6 is 12.4 Å². The molecule has 0 unspecified atom stereocenters. The summed E-state index contributed by atoms with van der Waals surface area (Å²) in [7, 11) is 0. The molecule has 0 fully saturated rings. The molecule has 0 saturated heterocycles. The number of hydrogen-bond donors (Lipinski definition) is 3. The minimum atomic E-state index is -0.276. The highest BCUT2D eigenvalue weighted by Gasteiger charge is 2.21. The predicted molar refractivity (Wildman–Crippen MR) is 185 cm³/mol. The highest BCUT2D eigenvalue weighted by atomic mass is 35.5. The Morgan fingerprint density at radius 2 is 1.00 bits per heavy atom. The Hall–Kier alpha value is -1.30. The summed E-state index contributed by atoms with van der Waals surface area (Å²) in [6.45, 7) is 5.72. The number of ketones is 1. The Labute approximate surface area is 267 Å². The van der Waals surface area contributed by atoms with E-state index < -0.39 is 0 Å². The van der Waals surface area contributed by atoms with Crippen LogP contribution in [0.25, 0.3) is 0 Å². The number of halogens is 1. The van der Waals surface area contributed by atoms with Crippen LogP contribution in [0.3, 0.4) is 0 Å². The van der Waals surface area contributed by atoms with Crippen molar-refractivity contribution in [3.8, 4) is 0 Å². The number of aliphatic imine (C=N–C) groups is 1. The molecule has 5 N–H and O–H groups in total. The fourth-order valence-electron chi connectivity index (χ4n) is 5.56. The van der Waals surface area contributed by atoms with Crippen molar-refractivity contribution in [1.82, 2.24) is 5.32 Å². The molecule has 0 bridgehead atoms. The number of nitrogens with two attached hydrogens (primary N) is 2. The molecule has 1 amide bonds. The van der Waals surface area contributed by atoms with E-state index in [-0.39, 0.29) is 36.0 Å². The van der Waals surface area contributed by atoms with Gasteiger partial charge in [0.15, 0.2) is 5.96 Å². The van der Waals surface area contributed by atoms with Gasteiger partial charge in [0.2, 0.25) is 5.91 Å². The van der Waals surface area contributed by atoms with Crippen molar-refractivity contribution in [1.29, 1.82) is 0 Å². The summed E-state index contributed by atoms with van der Waals surface area (Å²) in [4.78, 5) is 29.7. The first-order chi connectivity index (χ1) is 20.0. The number of nitrogens with one attached hydrogen (secondary N) is 1. The lowest BCUT2D eigenvalue weighted by Gasteiger charge is -2.16. The van der Waals surface area contributed by atoms with Crippen molar-refractivity contribution in [3.05, 3.63) is 0 Å². The van der Waals surface area contributed by atoms with E-state index in [0.717, 1.165) is 25.7 Å². The van der Waals surface area contributed by atoms with Gasteiger partial charge in [-0.15, -0.1) is 12.4 Å². The molecule has 6 nitrogen and oxygen atoms in total. The molecular formula is C35H71ClN4O2. The molecule has 0 spiro atoms. The number of Topliss-reactive ketones (excluding diaryl/α,β-unsaturated/α-hetero) is 1. The van der Waals surface area contributed by atoms with Crippen molar-refractivity contribution in [2.24, 2.45) is 22.4 Å². The molecule has 0 aliphatic heterocycles. The molecule has 42 heavy (non-hydrogen) atoms. The van der Waals surface area contributed by atoms with E-state index in [0.29, 0.717) is 38.8 Å². The third-order valence-corrected chi connectivity index (χ3v) is 8.24. The van der Waals surface area contributed by atoms with Gasteiger partial charge in [-0.2, -0.15) is 0 Å². The molecule has 1 atom stereocenters. The standard InChI is InChI=1S/C35H70N4O2.ClH/c1-3-5-7-9-11-13-15-16-17-18-20-22-24-28-33(40)31-32(27-26-30-39-35(36)37)34(41)38-29-25-23-21-19-14-12-10-8-6-4-2;/h32H,3-31H2,1-2H3,(H,38,41)(H4,36,37,39);1H/t32-;/m1./s1. The van der Waals surface area contributed by atoms with Crippen LogP contribution in [0.2, 0.25) is 0 Å². The lowest BCUT2D eigenvalue weighted by Crippen LogP contribution is -2.33. The summed E-state index contributed by atoms with van der Waals surface area (Å²) in [6, 6.07) is 0. The molecule has 0 saturated carbocycles. The summed E-state index contributed by atoms with van der Waals surface area (Å²) in [5, 5.41) is 3.10. The van der Waals surface area contributed by atoms with Gasteiger partial charge in [0.05, 0.1) is 0 Å². The second-order valence-electron chi connectivity index (χ2n) is 12.4. The Kier molecular flexibility index (Phi) is 34.9. The van der Waals surface area contributed by atoms with Gasteiger partial charge >= 0.3 is 0 Å². The van der Waals surface area contributed by atoms with Crippen LogP contribution in [0.4, 0.5) is 0 Å². The highest BCUT2D eigenvalue weighted by molar-refractivity contribution is 5.86. The normalized spacial score (nSPS) is 11.6. The van der Waals surface area contributed by atoms with E-state index in [1.54, 1.807) is 0 Å². The third-order valence-electron chi connectivity index (χ3n) is 8.24. The average molecular weight is 615 g/mol. The Morgan fingerprint density at radius 3 is 1.43 bits per heavy atom. The van der Waals surface area contributed by atoms with Crippen LogP contribution in [0.15, 0.2) is 4.99 Å². The van der Waals surface area contributed by atoms with E-state index in [9.17, 15) is 9.59 Å². The first kappa shape index (κ1) is 42.8. The van der Waals surface area contributed by atoms with Crippen LogP contribution < -0.4 is 16.8 Å². The zero-order chi connectivity index (χ0) is 30.2. The quantitative estimate of drug-likeness (QED) is 0.0398. The van der Waals surface area contributed by atoms with Crippen LogP contribution in [0, 0.1) is 5.92 Å². The number of rotatable bonds is 32. The molecule has 0 rings (SSSR count). The van der Waals surface area contributed by atoms with Gasteiger partial charge < -0.3 is 16.8 Å². The van der Waals surface area contributed by atoms with Crippen LogP contribution in [0.5, 0.6) is 0 Å². The molecule has 0 aromatic heterocycles. The van der Waals surface area contributed by atoms with Crippen LogP contribution in [-0.4, -0.2) is 30.7 Å². The highest BCUT2D eigenvalue weighted by Crippen LogP contribution is 2.17. The SMILES string of the molecule is CCCCCCCCCCCCCCCC(=O)C[C@@H](CCCN=C(N)N)C(=O)NCCCCCCCCCCCC.Cl. The van der Waals surface area contributed by atoms with E-state index in [2.05, 4.69) is 24.2 Å². The first-order valence-electron chi connectivity index (χ1n) is 17.9. The van der Waals surface area contributed by atoms with Crippen molar-refractivity contribution in [3.63, 3.8) is 0 Å². The average Bonchev–Trinajstić information content (AvgIpc) is 2.95. The van der Waals surface area contributed by atoms with Crippen molar-refractivity contribution in [2.45, 2.75) is 187 Å². The smallest absolute Gasteiger partial charge is 0.223 e. The topological polar surface area (TPSA) is 111 Å². The largest absolute Gasteiger partial charge is 0.370 e. The van der Waals surface area contributed by atoms with E-state index in [1.165, 1.54) is 122 Å². The number of amides is 1. The number of guanidine groups is 1. The Morgan fingerprint density at radius 1 is 0.595 bits per heavy atom. The second kappa shape index (κ2) is 34.2. The number of carbonyl (C=O) groups excluding carboxylic acids is 2. The molecule has 0 aromatic rings. The van der Waals surface area contributed by atoms with Crippen molar-refractivity contribution in [2.75, 3.05) is 13.1 Å². The summed E-state index contributed by atoms with van der Waals surface area (Å²) in [5.74, 6) is 0.0329. The summed E-state index contributed by atoms with van der Waals surface area (Å²) in [6.07, 6.45) is 31.9.